The highest BCUT2D eigenvalue weighted by molar-refractivity contribution is 6.04. The highest BCUT2D eigenvalue weighted by atomic mass is 19.4. The van der Waals surface area contributed by atoms with Crippen LogP contribution >= 0.6 is 0 Å². The summed E-state index contributed by atoms with van der Waals surface area (Å²) in [5.41, 5.74) is 0.212. The third-order valence-corrected chi connectivity index (χ3v) is 3.43. The Labute approximate surface area is 141 Å². The minimum atomic E-state index is -4.43. The molecule has 1 N–H and O–H groups in total. The molecule has 1 aromatic carbocycles. The number of carbonyl (C=O) groups is 1. The van der Waals surface area contributed by atoms with Gasteiger partial charge in [0.25, 0.3) is 5.91 Å². The molecule has 7 heteroatoms. The van der Waals surface area contributed by atoms with Crippen LogP contribution < -0.4 is 5.32 Å². The zero-order valence-corrected chi connectivity index (χ0v) is 12.8. The van der Waals surface area contributed by atoms with Gasteiger partial charge in [-0.3, -0.25) is 9.78 Å². The standard InChI is InChI=1S/C18H12F3N3O/c19-18(20,21)15-5-3-4-12(9-15)13-8-14(11-22-10-13)17(25)24-16-6-1-2-7-23-16/h1-11H,(H,23,24,25). The van der Waals surface area contributed by atoms with Gasteiger partial charge in [-0.25, -0.2) is 4.98 Å². The molecule has 0 fully saturated rings. The van der Waals surface area contributed by atoms with Gasteiger partial charge in [-0.15, -0.1) is 0 Å². The average Bonchev–Trinajstić information content (AvgIpc) is 2.62. The number of nitrogens with one attached hydrogen (secondary N) is 1. The number of hydrogen-bond donors (Lipinski definition) is 1. The van der Waals surface area contributed by atoms with Gasteiger partial charge in [-0.1, -0.05) is 18.2 Å². The summed E-state index contributed by atoms with van der Waals surface area (Å²) in [5, 5.41) is 2.60. The van der Waals surface area contributed by atoms with Crippen LogP contribution in [0, 0.1) is 0 Å². The Morgan fingerprint density at radius 1 is 0.960 bits per heavy atom. The Morgan fingerprint density at radius 3 is 2.52 bits per heavy atom. The van der Waals surface area contributed by atoms with Crippen LogP contribution in [0.2, 0.25) is 0 Å². The van der Waals surface area contributed by atoms with E-state index in [1.54, 1.807) is 18.2 Å². The number of anilines is 1. The minimum absolute atomic E-state index is 0.223. The first-order valence-electron chi connectivity index (χ1n) is 7.28. The lowest BCUT2D eigenvalue weighted by atomic mass is 10.0. The van der Waals surface area contributed by atoms with Crippen molar-refractivity contribution in [1.82, 2.24) is 9.97 Å². The molecule has 0 spiro atoms. The molecule has 0 saturated heterocycles. The van der Waals surface area contributed by atoms with Crippen LogP contribution in [-0.4, -0.2) is 15.9 Å². The minimum Gasteiger partial charge on any atom is -0.307 e. The molecule has 2 aromatic heterocycles. The molecule has 0 aliphatic heterocycles. The van der Waals surface area contributed by atoms with Crippen molar-refractivity contribution in [2.75, 3.05) is 5.32 Å². The van der Waals surface area contributed by atoms with Crippen LogP contribution in [0.15, 0.2) is 67.1 Å². The quantitative estimate of drug-likeness (QED) is 0.766. The molecule has 1 amide bonds. The number of nitrogens with zero attached hydrogens (tertiary/aromatic N) is 2. The fraction of sp³-hybridized carbons (Fsp3) is 0.0556. The van der Waals surface area contributed by atoms with Crippen molar-refractivity contribution in [3.63, 3.8) is 0 Å². The lowest BCUT2D eigenvalue weighted by molar-refractivity contribution is -0.137. The number of pyridine rings is 2. The molecule has 2 heterocycles. The number of carbonyl (C=O) groups excluding carboxylic acids is 1. The Balaban J connectivity index is 1.88. The zero-order valence-electron chi connectivity index (χ0n) is 12.8. The van der Waals surface area contributed by atoms with E-state index in [1.165, 1.54) is 36.8 Å². The maximum Gasteiger partial charge on any atom is 0.416 e. The van der Waals surface area contributed by atoms with Crippen molar-refractivity contribution < 1.29 is 18.0 Å². The van der Waals surface area contributed by atoms with Crippen molar-refractivity contribution in [2.45, 2.75) is 6.18 Å². The summed E-state index contributed by atoms with van der Waals surface area (Å²) < 4.78 is 38.5. The number of amides is 1. The number of rotatable bonds is 3. The number of aromatic nitrogens is 2. The predicted octanol–water partition coefficient (Wildman–Crippen LogP) is 4.41. The molecular weight excluding hydrogens is 331 g/mol. The van der Waals surface area contributed by atoms with Crippen LogP contribution in [0.3, 0.4) is 0 Å². The summed E-state index contributed by atoms with van der Waals surface area (Å²) in [7, 11) is 0. The van der Waals surface area contributed by atoms with Crippen LogP contribution in [-0.2, 0) is 6.18 Å². The van der Waals surface area contributed by atoms with Gasteiger partial charge in [0.15, 0.2) is 0 Å². The molecule has 0 unspecified atom stereocenters. The highest BCUT2D eigenvalue weighted by Gasteiger charge is 2.30. The number of benzene rings is 1. The Kier molecular flexibility index (Phi) is 4.47. The largest absolute Gasteiger partial charge is 0.416 e. The topological polar surface area (TPSA) is 54.9 Å². The van der Waals surface area contributed by atoms with Crippen LogP contribution in [0.5, 0.6) is 0 Å². The second kappa shape index (κ2) is 6.72. The molecule has 0 atom stereocenters. The first kappa shape index (κ1) is 16.6. The maximum atomic E-state index is 12.8. The summed E-state index contributed by atoms with van der Waals surface area (Å²) >= 11 is 0. The van der Waals surface area contributed by atoms with E-state index in [4.69, 9.17) is 0 Å². The van der Waals surface area contributed by atoms with Gasteiger partial charge in [0.1, 0.15) is 5.82 Å². The van der Waals surface area contributed by atoms with Gasteiger partial charge in [0.2, 0.25) is 0 Å². The van der Waals surface area contributed by atoms with E-state index < -0.39 is 17.6 Å². The Hall–Kier alpha value is -3.22. The van der Waals surface area contributed by atoms with E-state index in [9.17, 15) is 18.0 Å². The summed E-state index contributed by atoms with van der Waals surface area (Å²) in [6, 6.07) is 11.4. The van der Waals surface area contributed by atoms with Crippen molar-refractivity contribution in [3.8, 4) is 11.1 Å². The van der Waals surface area contributed by atoms with Gasteiger partial charge < -0.3 is 5.32 Å². The smallest absolute Gasteiger partial charge is 0.307 e. The monoisotopic (exact) mass is 343 g/mol. The predicted molar refractivity (Wildman–Crippen MR) is 86.9 cm³/mol. The Morgan fingerprint density at radius 2 is 1.80 bits per heavy atom. The molecule has 0 aliphatic rings. The Bertz CT molecular complexity index is 895. The van der Waals surface area contributed by atoms with Crippen molar-refractivity contribution >= 4 is 11.7 Å². The molecule has 0 aliphatic carbocycles. The lowest BCUT2D eigenvalue weighted by Crippen LogP contribution is -2.13. The second-order valence-corrected chi connectivity index (χ2v) is 5.21. The van der Waals surface area contributed by atoms with E-state index in [0.29, 0.717) is 16.9 Å². The van der Waals surface area contributed by atoms with E-state index in [0.717, 1.165) is 12.1 Å². The van der Waals surface area contributed by atoms with Gasteiger partial charge >= 0.3 is 6.18 Å². The van der Waals surface area contributed by atoms with E-state index >= 15 is 0 Å². The summed E-state index contributed by atoms with van der Waals surface area (Å²) in [4.78, 5) is 20.2. The zero-order chi connectivity index (χ0) is 17.9. The fourth-order valence-corrected chi connectivity index (χ4v) is 2.22. The second-order valence-electron chi connectivity index (χ2n) is 5.21. The third-order valence-electron chi connectivity index (χ3n) is 3.43. The molecule has 25 heavy (non-hydrogen) atoms. The molecule has 0 saturated carbocycles. The van der Waals surface area contributed by atoms with E-state index in [-0.39, 0.29) is 5.56 Å². The summed E-state index contributed by atoms with van der Waals surface area (Å²) in [5.74, 6) is -0.0722. The lowest BCUT2D eigenvalue weighted by Gasteiger charge is -2.09. The third kappa shape index (κ3) is 4.00. The van der Waals surface area contributed by atoms with Gasteiger partial charge in [-0.05, 0) is 35.9 Å². The first-order valence-corrected chi connectivity index (χ1v) is 7.28. The maximum absolute atomic E-state index is 12.8. The average molecular weight is 343 g/mol. The molecule has 3 rings (SSSR count). The number of alkyl halides is 3. The van der Waals surface area contributed by atoms with Gasteiger partial charge in [0.05, 0.1) is 11.1 Å². The molecule has 126 valence electrons. The van der Waals surface area contributed by atoms with Gasteiger partial charge in [0, 0.05) is 24.2 Å². The molecule has 3 aromatic rings. The van der Waals surface area contributed by atoms with Crippen LogP contribution in [0.4, 0.5) is 19.0 Å². The summed E-state index contributed by atoms with van der Waals surface area (Å²) in [6.45, 7) is 0. The van der Waals surface area contributed by atoms with Crippen LogP contribution in [0.25, 0.3) is 11.1 Å². The molecular formula is C18H12F3N3O. The normalized spacial score (nSPS) is 11.2. The highest BCUT2D eigenvalue weighted by Crippen LogP contribution is 2.32. The molecule has 0 radical (unpaired) electrons. The molecule has 4 nitrogen and oxygen atoms in total. The van der Waals surface area contributed by atoms with E-state index in [1.807, 2.05) is 0 Å². The van der Waals surface area contributed by atoms with Crippen molar-refractivity contribution in [1.29, 1.82) is 0 Å². The first-order chi connectivity index (χ1) is 11.9. The van der Waals surface area contributed by atoms with E-state index in [2.05, 4.69) is 15.3 Å². The number of hydrogen-bond acceptors (Lipinski definition) is 3. The molecule has 0 bridgehead atoms. The fourth-order valence-electron chi connectivity index (χ4n) is 2.22. The number of halogens is 3. The summed E-state index contributed by atoms with van der Waals surface area (Å²) in [6.07, 6.45) is -0.146. The van der Waals surface area contributed by atoms with Crippen molar-refractivity contribution in [2.24, 2.45) is 0 Å². The van der Waals surface area contributed by atoms with Gasteiger partial charge in [-0.2, -0.15) is 13.2 Å². The SMILES string of the molecule is O=C(Nc1ccccn1)c1cncc(-c2cccc(C(F)(F)F)c2)c1. The van der Waals surface area contributed by atoms with Crippen LogP contribution in [0.1, 0.15) is 15.9 Å². The van der Waals surface area contributed by atoms with Crippen molar-refractivity contribution in [3.05, 3.63) is 78.2 Å².